The van der Waals surface area contributed by atoms with Gasteiger partial charge < -0.3 is 5.32 Å². The van der Waals surface area contributed by atoms with Gasteiger partial charge in [0.2, 0.25) is 0 Å². The van der Waals surface area contributed by atoms with Crippen LogP contribution in [0.25, 0.3) is 0 Å². The minimum atomic E-state index is 0.690. The van der Waals surface area contributed by atoms with Crippen LogP contribution in [-0.2, 0) is 0 Å². The molecule has 0 bridgehead atoms. The maximum atomic E-state index is 3.82. The van der Waals surface area contributed by atoms with E-state index in [9.17, 15) is 0 Å². The molecule has 0 amide bonds. The van der Waals surface area contributed by atoms with Crippen molar-refractivity contribution in [3.8, 4) is 0 Å². The molecule has 0 aliphatic heterocycles. The zero-order valence-electron chi connectivity index (χ0n) is 11.1. The van der Waals surface area contributed by atoms with Gasteiger partial charge in [-0.15, -0.1) is 0 Å². The predicted molar refractivity (Wildman–Crippen MR) is 68.1 cm³/mol. The lowest BCUT2D eigenvalue weighted by Gasteiger charge is -2.29. The van der Waals surface area contributed by atoms with Crippen LogP contribution in [0.2, 0.25) is 0 Å². The van der Waals surface area contributed by atoms with Crippen molar-refractivity contribution in [2.45, 2.75) is 78.3 Å². The minimum absolute atomic E-state index is 0.690. The quantitative estimate of drug-likeness (QED) is 0.701. The number of nitrogens with one attached hydrogen (secondary N) is 1. The zero-order chi connectivity index (χ0) is 11.3. The van der Waals surface area contributed by atoms with Gasteiger partial charge in [-0.2, -0.15) is 0 Å². The molecule has 0 aromatic rings. The third kappa shape index (κ3) is 3.79. The van der Waals surface area contributed by atoms with Crippen LogP contribution < -0.4 is 5.32 Å². The van der Waals surface area contributed by atoms with E-state index in [-0.39, 0.29) is 0 Å². The third-order valence-electron chi connectivity index (χ3n) is 4.39. The highest BCUT2D eigenvalue weighted by atomic mass is 15.0. The maximum absolute atomic E-state index is 3.82. The number of hydrogen-bond donors (Lipinski definition) is 1. The van der Waals surface area contributed by atoms with E-state index in [1.165, 1.54) is 38.5 Å². The van der Waals surface area contributed by atoms with Crippen LogP contribution in [0.15, 0.2) is 0 Å². The van der Waals surface area contributed by atoms with E-state index in [1.54, 1.807) is 0 Å². The average Bonchev–Trinajstić information content (AvgIpc) is 2.72. The lowest BCUT2D eigenvalue weighted by atomic mass is 9.92. The van der Waals surface area contributed by atoms with Crippen LogP contribution in [0.4, 0.5) is 0 Å². The molecule has 1 aliphatic rings. The van der Waals surface area contributed by atoms with Gasteiger partial charge in [0.25, 0.3) is 0 Å². The fraction of sp³-hybridized carbons (Fsp3) is 1.00. The van der Waals surface area contributed by atoms with E-state index in [0.29, 0.717) is 6.04 Å². The zero-order valence-corrected chi connectivity index (χ0v) is 11.1. The molecule has 0 aromatic carbocycles. The van der Waals surface area contributed by atoms with E-state index >= 15 is 0 Å². The summed E-state index contributed by atoms with van der Waals surface area (Å²) in [6.07, 6.45) is 8.42. The molecule has 1 N–H and O–H groups in total. The topological polar surface area (TPSA) is 12.0 Å². The van der Waals surface area contributed by atoms with E-state index in [2.05, 4.69) is 33.0 Å². The predicted octanol–water partition coefficient (Wildman–Crippen LogP) is 3.98. The molecule has 1 nitrogen and oxygen atoms in total. The van der Waals surface area contributed by atoms with Gasteiger partial charge in [-0.1, -0.05) is 39.5 Å². The van der Waals surface area contributed by atoms with Gasteiger partial charge in [0.1, 0.15) is 0 Å². The second kappa shape index (κ2) is 6.52. The first-order valence-electron chi connectivity index (χ1n) is 6.95. The van der Waals surface area contributed by atoms with Gasteiger partial charge in [0.15, 0.2) is 0 Å². The smallest absolute Gasteiger partial charge is 0.00695 e. The SMILES string of the molecule is CCC(CC)C(C)NC(C)C1CCCC1. The Kier molecular flexibility index (Phi) is 5.66. The Morgan fingerprint density at radius 2 is 1.60 bits per heavy atom. The summed E-state index contributed by atoms with van der Waals surface area (Å²) in [6.45, 7) is 9.37. The molecule has 1 rings (SSSR count). The normalized spacial score (nSPS) is 22.2. The summed E-state index contributed by atoms with van der Waals surface area (Å²) in [5, 5.41) is 3.82. The molecule has 1 saturated carbocycles. The maximum Gasteiger partial charge on any atom is 0.00695 e. The average molecular weight is 211 g/mol. The van der Waals surface area contributed by atoms with Crippen LogP contribution in [0, 0.1) is 11.8 Å². The van der Waals surface area contributed by atoms with Gasteiger partial charge in [-0.3, -0.25) is 0 Å². The van der Waals surface area contributed by atoms with Crippen molar-refractivity contribution in [1.29, 1.82) is 0 Å². The van der Waals surface area contributed by atoms with Crippen molar-refractivity contribution in [3.05, 3.63) is 0 Å². The van der Waals surface area contributed by atoms with Gasteiger partial charge in [0, 0.05) is 12.1 Å². The van der Waals surface area contributed by atoms with Crippen molar-refractivity contribution in [2.24, 2.45) is 11.8 Å². The lowest BCUT2D eigenvalue weighted by Crippen LogP contribution is -2.42. The molecule has 0 saturated heterocycles. The van der Waals surface area contributed by atoms with Crippen molar-refractivity contribution in [1.82, 2.24) is 5.32 Å². The monoisotopic (exact) mass is 211 g/mol. The molecule has 90 valence electrons. The minimum Gasteiger partial charge on any atom is -0.311 e. The van der Waals surface area contributed by atoms with Crippen molar-refractivity contribution < 1.29 is 0 Å². The first kappa shape index (κ1) is 13.0. The summed E-state index contributed by atoms with van der Waals surface area (Å²) in [6, 6.07) is 1.42. The highest BCUT2D eigenvalue weighted by Crippen LogP contribution is 2.28. The Bertz CT molecular complexity index is 151. The summed E-state index contributed by atoms with van der Waals surface area (Å²) in [5.74, 6) is 1.80. The Balaban J connectivity index is 2.32. The standard InChI is InChI=1S/C14H29N/c1-5-13(6-2)11(3)15-12(4)14-9-7-8-10-14/h11-15H,5-10H2,1-4H3. The Labute approximate surface area is 96.0 Å². The molecule has 0 radical (unpaired) electrons. The van der Waals surface area contributed by atoms with E-state index in [4.69, 9.17) is 0 Å². The molecule has 2 unspecified atom stereocenters. The van der Waals surface area contributed by atoms with Gasteiger partial charge in [-0.05, 0) is 38.5 Å². The molecular formula is C14H29N. The summed E-state index contributed by atoms with van der Waals surface area (Å²) in [5.41, 5.74) is 0. The summed E-state index contributed by atoms with van der Waals surface area (Å²) >= 11 is 0. The van der Waals surface area contributed by atoms with Crippen LogP contribution in [0.5, 0.6) is 0 Å². The molecule has 15 heavy (non-hydrogen) atoms. The van der Waals surface area contributed by atoms with Crippen molar-refractivity contribution in [2.75, 3.05) is 0 Å². The van der Waals surface area contributed by atoms with E-state index in [0.717, 1.165) is 17.9 Å². The molecule has 1 fully saturated rings. The van der Waals surface area contributed by atoms with Crippen molar-refractivity contribution >= 4 is 0 Å². The van der Waals surface area contributed by atoms with E-state index < -0.39 is 0 Å². The second-order valence-electron chi connectivity index (χ2n) is 5.37. The Hall–Kier alpha value is -0.0400. The molecule has 1 aliphatic carbocycles. The third-order valence-corrected chi connectivity index (χ3v) is 4.39. The first-order valence-corrected chi connectivity index (χ1v) is 6.95. The van der Waals surface area contributed by atoms with Crippen LogP contribution in [0.1, 0.15) is 66.2 Å². The molecule has 0 heterocycles. The van der Waals surface area contributed by atoms with Crippen LogP contribution >= 0.6 is 0 Å². The summed E-state index contributed by atoms with van der Waals surface area (Å²) in [4.78, 5) is 0. The highest BCUT2D eigenvalue weighted by molar-refractivity contribution is 4.81. The van der Waals surface area contributed by atoms with Gasteiger partial charge in [-0.25, -0.2) is 0 Å². The van der Waals surface area contributed by atoms with E-state index in [1.807, 2.05) is 0 Å². The summed E-state index contributed by atoms with van der Waals surface area (Å²) in [7, 11) is 0. The first-order chi connectivity index (χ1) is 7.19. The second-order valence-corrected chi connectivity index (χ2v) is 5.37. The fourth-order valence-electron chi connectivity index (χ4n) is 3.14. The van der Waals surface area contributed by atoms with Gasteiger partial charge in [0.05, 0.1) is 0 Å². The van der Waals surface area contributed by atoms with Crippen LogP contribution in [-0.4, -0.2) is 12.1 Å². The Morgan fingerprint density at radius 3 is 2.07 bits per heavy atom. The molecular weight excluding hydrogens is 182 g/mol. The number of hydrogen-bond acceptors (Lipinski definition) is 1. The Morgan fingerprint density at radius 1 is 1.07 bits per heavy atom. The number of rotatable bonds is 6. The van der Waals surface area contributed by atoms with Gasteiger partial charge >= 0.3 is 0 Å². The molecule has 0 aromatic heterocycles. The lowest BCUT2D eigenvalue weighted by molar-refractivity contribution is 0.283. The van der Waals surface area contributed by atoms with Crippen LogP contribution in [0.3, 0.4) is 0 Å². The molecule has 2 atom stereocenters. The highest BCUT2D eigenvalue weighted by Gasteiger charge is 2.24. The molecule has 0 spiro atoms. The molecule has 1 heteroatoms. The largest absolute Gasteiger partial charge is 0.311 e. The summed E-state index contributed by atoms with van der Waals surface area (Å²) < 4.78 is 0. The fourth-order valence-corrected chi connectivity index (χ4v) is 3.14. The van der Waals surface area contributed by atoms with Crippen molar-refractivity contribution in [3.63, 3.8) is 0 Å².